The fourth-order valence-electron chi connectivity index (χ4n) is 4.55. The van der Waals surface area contributed by atoms with Gasteiger partial charge in [0.1, 0.15) is 0 Å². The summed E-state index contributed by atoms with van der Waals surface area (Å²) in [5, 5.41) is 12.0. The Kier molecular flexibility index (Phi) is 6.15. The third-order valence-corrected chi connectivity index (χ3v) is 6.18. The van der Waals surface area contributed by atoms with Crippen molar-refractivity contribution in [3.8, 4) is 0 Å². The first-order valence-corrected chi connectivity index (χ1v) is 11.2. The summed E-state index contributed by atoms with van der Waals surface area (Å²) in [7, 11) is 0. The minimum absolute atomic E-state index is 0.188. The van der Waals surface area contributed by atoms with Crippen LogP contribution < -0.4 is 0 Å². The SMILES string of the molecule is CC(C)(C)OCC(O)CN1CCC(CN2C(=O)c3cccc4cccc(c34)C2=O)CC1. The average molecular weight is 425 g/mol. The van der Waals surface area contributed by atoms with E-state index in [0.717, 1.165) is 36.7 Å². The van der Waals surface area contributed by atoms with Crippen LogP contribution in [0.4, 0.5) is 0 Å². The van der Waals surface area contributed by atoms with Gasteiger partial charge in [0.2, 0.25) is 0 Å². The van der Waals surface area contributed by atoms with Crippen molar-refractivity contribution >= 4 is 22.6 Å². The fraction of sp³-hybridized carbons (Fsp3) is 0.520. The highest BCUT2D eigenvalue weighted by Crippen LogP contribution is 2.31. The molecule has 2 aromatic carbocycles. The van der Waals surface area contributed by atoms with Crippen LogP contribution in [0, 0.1) is 5.92 Å². The Morgan fingerprint density at radius 2 is 1.61 bits per heavy atom. The molecule has 2 aliphatic heterocycles. The molecule has 6 heteroatoms. The number of ether oxygens (including phenoxy) is 1. The Labute approximate surface area is 183 Å². The molecule has 0 bridgehead atoms. The predicted octanol–water partition coefficient (Wildman–Crippen LogP) is 3.32. The van der Waals surface area contributed by atoms with E-state index < -0.39 is 6.10 Å². The molecule has 166 valence electrons. The van der Waals surface area contributed by atoms with Gasteiger partial charge in [-0.2, -0.15) is 0 Å². The largest absolute Gasteiger partial charge is 0.389 e. The predicted molar refractivity (Wildman–Crippen MR) is 120 cm³/mol. The summed E-state index contributed by atoms with van der Waals surface area (Å²) in [6.07, 6.45) is 1.28. The van der Waals surface area contributed by atoms with E-state index in [1.165, 1.54) is 4.90 Å². The van der Waals surface area contributed by atoms with Gasteiger partial charge in [0.25, 0.3) is 11.8 Å². The van der Waals surface area contributed by atoms with E-state index in [-0.39, 0.29) is 23.3 Å². The Morgan fingerprint density at radius 3 is 2.16 bits per heavy atom. The summed E-state index contributed by atoms with van der Waals surface area (Å²) >= 11 is 0. The van der Waals surface area contributed by atoms with E-state index in [0.29, 0.717) is 30.8 Å². The number of benzene rings is 2. The molecule has 2 heterocycles. The van der Waals surface area contributed by atoms with Gasteiger partial charge in [0.05, 0.1) is 18.3 Å². The first-order valence-electron chi connectivity index (χ1n) is 11.2. The first-order chi connectivity index (χ1) is 14.7. The van der Waals surface area contributed by atoms with Gasteiger partial charge in [0.15, 0.2) is 0 Å². The van der Waals surface area contributed by atoms with Crippen LogP contribution in [0.3, 0.4) is 0 Å². The Hall–Kier alpha value is -2.28. The zero-order valence-corrected chi connectivity index (χ0v) is 18.6. The van der Waals surface area contributed by atoms with E-state index in [9.17, 15) is 14.7 Å². The van der Waals surface area contributed by atoms with E-state index in [1.54, 1.807) is 0 Å². The van der Waals surface area contributed by atoms with Crippen molar-refractivity contribution in [1.29, 1.82) is 0 Å². The van der Waals surface area contributed by atoms with Crippen LogP contribution in [0.5, 0.6) is 0 Å². The molecule has 4 rings (SSSR count). The summed E-state index contributed by atoms with van der Waals surface area (Å²) in [6.45, 7) is 8.99. The van der Waals surface area contributed by atoms with Crippen LogP contribution in [0.25, 0.3) is 10.8 Å². The van der Waals surface area contributed by atoms with Crippen molar-refractivity contribution in [3.63, 3.8) is 0 Å². The molecule has 2 aliphatic rings. The number of likely N-dealkylation sites (tertiary alicyclic amines) is 1. The topological polar surface area (TPSA) is 70.1 Å². The van der Waals surface area contributed by atoms with E-state index in [2.05, 4.69) is 4.90 Å². The second-order valence-corrected chi connectivity index (χ2v) is 9.75. The highest BCUT2D eigenvalue weighted by molar-refractivity contribution is 6.25. The zero-order valence-electron chi connectivity index (χ0n) is 18.6. The van der Waals surface area contributed by atoms with E-state index >= 15 is 0 Å². The summed E-state index contributed by atoms with van der Waals surface area (Å²) in [5.74, 6) is -0.102. The van der Waals surface area contributed by atoms with Gasteiger partial charge in [-0.1, -0.05) is 24.3 Å². The second-order valence-electron chi connectivity index (χ2n) is 9.75. The maximum atomic E-state index is 13.1. The number of hydrogen-bond acceptors (Lipinski definition) is 5. The molecule has 2 aromatic rings. The summed E-state index contributed by atoms with van der Waals surface area (Å²) in [6, 6.07) is 11.3. The fourth-order valence-corrected chi connectivity index (χ4v) is 4.55. The number of β-amino-alcohol motifs (C(OH)–C–C–N with tert-alkyl or cyclic N) is 1. The number of aliphatic hydroxyl groups excluding tert-OH is 1. The van der Waals surface area contributed by atoms with Crippen LogP contribution in [-0.4, -0.2) is 71.2 Å². The molecule has 1 fully saturated rings. The van der Waals surface area contributed by atoms with Crippen LogP contribution in [0.2, 0.25) is 0 Å². The summed E-state index contributed by atoms with van der Waals surface area (Å²) in [5.41, 5.74) is 0.976. The third kappa shape index (κ3) is 4.81. The molecule has 0 saturated carbocycles. The molecular weight excluding hydrogens is 392 g/mol. The first kappa shape index (κ1) is 21.9. The van der Waals surface area contributed by atoms with Gasteiger partial charge >= 0.3 is 0 Å². The van der Waals surface area contributed by atoms with Gasteiger partial charge in [-0.15, -0.1) is 0 Å². The number of aliphatic hydroxyl groups is 1. The molecule has 0 radical (unpaired) electrons. The van der Waals surface area contributed by atoms with E-state index in [1.807, 2.05) is 57.2 Å². The van der Waals surface area contributed by atoms with Crippen molar-refractivity contribution in [3.05, 3.63) is 47.5 Å². The van der Waals surface area contributed by atoms with Crippen molar-refractivity contribution in [1.82, 2.24) is 9.80 Å². The van der Waals surface area contributed by atoms with Gasteiger partial charge in [0, 0.05) is 29.6 Å². The van der Waals surface area contributed by atoms with Crippen molar-refractivity contribution in [2.75, 3.05) is 32.8 Å². The maximum Gasteiger partial charge on any atom is 0.261 e. The standard InChI is InChI=1S/C25H32N2O4/c1-25(2,3)31-16-19(28)15-26-12-10-17(11-13-26)14-27-23(29)20-8-4-6-18-7-5-9-21(22(18)20)24(27)30/h4-9,17,19,28H,10-16H2,1-3H3. The molecule has 6 nitrogen and oxygen atoms in total. The van der Waals surface area contributed by atoms with Gasteiger partial charge < -0.3 is 14.7 Å². The number of rotatable bonds is 6. The Morgan fingerprint density at radius 1 is 1.03 bits per heavy atom. The molecule has 0 aromatic heterocycles. The smallest absolute Gasteiger partial charge is 0.261 e. The number of imide groups is 1. The average Bonchev–Trinajstić information content (AvgIpc) is 2.74. The second kappa shape index (κ2) is 8.69. The molecule has 31 heavy (non-hydrogen) atoms. The van der Waals surface area contributed by atoms with Crippen molar-refractivity contribution in [2.45, 2.75) is 45.3 Å². The van der Waals surface area contributed by atoms with Gasteiger partial charge in [-0.05, 0) is 70.1 Å². The maximum absolute atomic E-state index is 13.1. The van der Waals surface area contributed by atoms with Gasteiger partial charge in [-0.3, -0.25) is 14.5 Å². The molecule has 1 atom stereocenters. The highest BCUT2D eigenvalue weighted by Gasteiger charge is 2.34. The molecule has 2 amide bonds. The quantitative estimate of drug-likeness (QED) is 0.721. The zero-order chi connectivity index (χ0) is 22.2. The lowest BCUT2D eigenvalue weighted by atomic mass is 9.91. The number of hydrogen-bond donors (Lipinski definition) is 1. The normalized spacial score (nSPS) is 19.3. The number of carbonyl (C=O) groups excluding carboxylic acids is 2. The van der Waals surface area contributed by atoms with Crippen molar-refractivity contribution in [2.24, 2.45) is 5.92 Å². The summed E-state index contributed by atoms with van der Waals surface area (Å²) < 4.78 is 5.67. The Bertz CT molecular complexity index is 922. The van der Waals surface area contributed by atoms with E-state index in [4.69, 9.17) is 4.74 Å². The third-order valence-electron chi connectivity index (χ3n) is 6.18. The van der Waals surface area contributed by atoms with Crippen molar-refractivity contribution < 1.29 is 19.4 Å². The van der Waals surface area contributed by atoms with Crippen LogP contribution in [-0.2, 0) is 4.74 Å². The van der Waals surface area contributed by atoms with Crippen LogP contribution in [0.15, 0.2) is 36.4 Å². The molecule has 0 aliphatic carbocycles. The van der Waals surface area contributed by atoms with Crippen LogP contribution in [0.1, 0.15) is 54.3 Å². The lowest BCUT2D eigenvalue weighted by Gasteiger charge is -2.36. The molecule has 1 saturated heterocycles. The molecule has 1 N–H and O–H groups in total. The number of nitrogens with zero attached hydrogens (tertiary/aromatic N) is 2. The minimum atomic E-state index is -0.516. The Balaban J connectivity index is 1.35. The summed E-state index contributed by atoms with van der Waals surface area (Å²) in [4.78, 5) is 29.9. The highest BCUT2D eigenvalue weighted by atomic mass is 16.5. The number of carbonyl (C=O) groups is 2. The lowest BCUT2D eigenvalue weighted by Crippen LogP contribution is -2.46. The molecule has 1 unspecified atom stereocenters. The van der Waals surface area contributed by atoms with Crippen LogP contribution >= 0.6 is 0 Å². The molecular formula is C25H32N2O4. The number of amides is 2. The minimum Gasteiger partial charge on any atom is -0.389 e. The monoisotopic (exact) mass is 424 g/mol. The lowest BCUT2D eigenvalue weighted by molar-refractivity contribution is -0.0579. The van der Waals surface area contributed by atoms with Gasteiger partial charge in [-0.25, -0.2) is 0 Å². The number of piperidine rings is 1. The molecule has 0 spiro atoms.